The molecule has 1 aromatic carbocycles. The van der Waals surface area contributed by atoms with Gasteiger partial charge in [0, 0.05) is 11.1 Å². The Labute approximate surface area is 119 Å². The Hall–Kier alpha value is -1.22. The van der Waals surface area contributed by atoms with Gasteiger partial charge < -0.3 is 10.1 Å². The van der Waals surface area contributed by atoms with Crippen molar-refractivity contribution in [2.75, 3.05) is 6.61 Å². The SMILES string of the molecule is O=C(COc1ccc(Cl)cc1)NC1CCCCCC1. The van der Waals surface area contributed by atoms with Crippen molar-refractivity contribution in [3.05, 3.63) is 29.3 Å². The second-order valence-corrected chi connectivity index (χ2v) is 5.44. The van der Waals surface area contributed by atoms with Crippen LogP contribution in [-0.4, -0.2) is 18.6 Å². The predicted molar refractivity (Wildman–Crippen MR) is 76.6 cm³/mol. The molecule has 0 aromatic heterocycles. The molecule has 0 heterocycles. The number of benzene rings is 1. The molecule has 1 fully saturated rings. The van der Waals surface area contributed by atoms with E-state index < -0.39 is 0 Å². The van der Waals surface area contributed by atoms with Gasteiger partial charge in [-0.1, -0.05) is 37.3 Å². The monoisotopic (exact) mass is 281 g/mol. The Kier molecular flexibility index (Phi) is 5.52. The van der Waals surface area contributed by atoms with Crippen LogP contribution in [-0.2, 0) is 4.79 Å². The smallest absolute Gasteiger partial charge is 0.258 e. The Bertz CT molecular complexity index is 397. The molecule has 1 aliphatic carbocycles. The third-order valence-corrected chi connectivity index (χ3v) is 3.66. The van der Waals surface area contributed by atoms with Crippen molar-refractivity contribution in [3.63, 3.8) is 0 Å². The zero-order chi connectivity index (χ0) is 13.5. The van der Waals surface area contributed by atoms with Gasteiger partial charge in [-0.25, -0.2) is 0 Å². The van der Waals surface area contributed by atoms with Crippen LogP contribution in [0.2, 0.25) is 5.02 Å². The van der Waals surface area contributed by atoms with E-state index in [1.54, 1.807) is 24.3 Å². The first-order chi connectivity index (χ1) is 9.24. The average molecular weight is 282 g/mol. The van der Waals surface area contributed by atoms with E-state index in [1.807, 2.05) is 0 Å². The lowest BCUT2D eigenvalue weighted by molar-refractivity contribution is -0.123. The number of amides is 1. The average Bonchev–Trinajstić information content (AvgIpc) is 2.67. The highest BCUT2D eigenvalue weighted by molar-refractivity contribution is 6.30. The zero-order valence-corrected chi connectivity index (χ0v) is 11.8. The van der Waals surface area contributed by atoms with E-state index in [0.29, 0.717) is 16.8 Å². The van der Waals surface area contributed by atoms with Crippen LogP contribution < -0.4 is 10.1 Å². The standard InChI is InChI=1S/C15H20ClNO2/c16-12-7-9-14(10-8-12)19-11-15(18)17-13-5-3-1-2-4-6-13/h7-10,13H,1-6,11H2,(H,17,18). The first kappa shape index (κ1) is 14.2. The maximum absolute atomic E-state index is 11.8. The van der Waals surface area contributed by atoms with Crippen LogP contribution in [0.4, 0.5) is 0 Å². The summed E-state index contributed by atoms with van der Waals surface area (Å²) in [7, 11) is 0. The third-order valence-electron chi connectivity index (χ3n) is 3.40. The molecule has 0 radical (unpaired) electrons. The molecule has 3 nitrogen and oxygen atoms in total. The van der Waals surface area contributed by atoms with Gasteiger partial charge in [-0.05, 0) is 37.1 Å². The molecule has 1 aliphatic rings. The Balaban J connectivity index is 1.73. The lowest BCUT2D eigenvalue weighted by Crippen LogP contribution is -2.37. The summed E-state index contributed by atoms with van der Waals surface area (Å²) in [4.78, 5) is 11.8. The van der Waals surface area contributed by atoms with E-state index in [0.717, 1.165) is 12.8 Å². The van der Waals surface area contributed by atoms with Crippen molar-refractivity contribution in [2.24, 2.45) is 0 Å². The number of nitrogens with one attached hydrogen (secondary N) is 1. The molecule has 104 valence electrons. The first-order valence-corrected chi connectivity index (χ1v) is 7.29. The summed E-state index contributed by atoms with van der Waals surface area (Å²) in [6.45, 7) is 0.0676. The largest absolute Gasteiger partial charge is 0.484 e. The predicted octanol–water partition coefficient (Wildman–Crippen LogP) is 3.56. The number of hydrogen-bond acceptors (Lipinski definition) is 2. The van der Waals surface area contributed by atoms with E-state index in [2.05, 4.69) is 5.32 Å². The summed E-state index contributed by atoms with van der Waals surface area (Å²) in [5.41, 5.74) is 0. The molecule has 4 heteroatoms. The van der Waals surface area contributed by atoms with Crippen molar-refractivity contribution in [1.29, 1.82) is 0 Å². The quantitative estimate of drug-likeness (QED) is 0.857. The number of carbonyl (C=O) groups is 1. The molecular formula is C15H20ClNO2. The molecule has 1 aromatic rings. The van der Waals surface area contributed by atoms with E-state index in [4.69, 9.17) is 16.3 Å². The Morgan fingerprint density at radius 3 is 2.42 bits per heavy atom. The Morgan fingerprint density at radius 1 is 1.16 bits per heavy atom. The van der Waals surface area contributed by atoms with Crippen molar-refractivity contribution < 1.29 is 9.53 Å². The number of rotatable bonds is 4. The van der Waals surface area contributed by atoms with Gasteiger partial charge >= 0.3 is 0 Å². The maximum Gasteiger partial charge on any atom is 0.258 e. The molecule has 0 unspecified atom stereocenters. The summed E-state index contributed by atoms with van der Waals surface area (Å²) in [6.07, 6.45) is 7.17. The van der Waals surface area contributed by atoms with Crippen molar-refractivity contribution in [2.45, 2.75) is 44.6 Å². The van der Waals surface area contributed by atoms with Gasteiger partial charge in [0.05, 0.1) is 0 Å². The molecule has 2 rings (SSSR count). The summed E-state index contributed by atoms with van der Waals surface area (Å²) >= 11 is 5.78. The second-order valence-electron chi connectivity index (χ2n) is 5.00. The fourth-order valence-electron chi connectivity index (χ4n) is 2.37. The lowest BCUT2D eigenvalue weighted by atomic mass is 10.1. The topological polar surface area (TPSA) is 38.3 Å². The molecule has 0 aliphatic heterocycles. The number of hydrogen-bond donors (Lipinski definition) is 1. The fourth-order valence-corrected chi connectivity index (χ4v) is 2.50. The number of carbonyl (C=O) groups excluding carboxylic acids is 1. The van der Waals surface area contributed by atoms with Gasteiger partial charge in [0.1, 0.15) is 5.75 Å². The second kappa shape index (κ2) is 7.39. The van der Waals surface area contributed by atoms with Gasteiger partial charge in [-0.3, -0.25) is 4.79 Å². The van der Waals surface area contributed by atoms with Gasteiger partial charge in [-0.15, -0.1) is 0 Å². The summed E-state index contributed by atoms with van der Waals surface area (Å²) in [5.74, 6) is 0.627. The molecular weight excluding hydrogens is 262 g/mol. The summed E-state index contributed by atoms with van der Waals surface area (Å²) in [6, 6.07) is 7.35. The minimum Gasteiger partial charge on any atom is -0.484 e. The van der Waals surface area contributed by atoms with Crippen LogP contribution in [0, 0.1) is 0 Å². The number of ether oxygens (including phenoxy) is 1. The molecule has 1 amide bonds. The number of halogens is 1. The van der Waals surface area contributed by atoms with Gasteiger partial charge in [0.2, 0.25) is 0 Å². The normalized spacial score (nSPS) is 16.7. The van der Waals surface area contributed by atoms with Crippen LogP contribution in [0.5, 0.6) is 5.75 Å². The van der Waals surface area contributed by atoms with Gasteiger partial charge in [0.15, 0.2) is 6.61 Å². The minimum atomic E-state index is -0.0400. The van der Waals surface area contributed by atoms with Crippen molar-refractivity contribution in [1.82, 2.24) is 5.32 Å². The van der Waals surface area contributed by atoms with E-state index >= 15 is 0 Å². The van der Waals surface area contributed by atoms with E-state index in [-0.39, 0.29) is 12.5 Å². The minimum absolute atomic E-state index is 0.0400. The maximum atomic E-state index is 11.8. The van der Waals surface area contributed by atoms with E-state index in [9.17, 15) is 4.79 Å². The highest BCUT2D eigenvalue weighted by atomic mass is 35.5. The van der Waals surface area contributed by atoms with Gasteiger partial charge in [-0.2, -0.15) is 0 Å². The lowest BCUT2D eigenvalue weighted by Gasteiger charge is -2.16. The van der Waals surface area contributed by atoms with Crippen molar-refractivity contribution >= 4 is 17.5 Å². The molecule has 0 atom stereocenters. The molecule has 19 heavy (non-hydrogen) atoms. The molecule has 0 spiro atoms. The molecule has 0 bridgehead atoms. The van der Waals surface area contributed by atoms with E-state index in [1.165, 1.54) is 25.7 Å². The van der Waals surface area contributed by atoms with Crippen LogP contribution in [0.3, 0.4) is 0 Å². The molecule has 0 saturated heterocycles. The van der Waals surface area contributed by atoms with Crippen LogP contribution in [0.15, 0.2) is 24.3 Å². The molecule has 1 N–H and O–H groups in total. The third kappa shape index (κ3) is 5.11. The fraction of sp³-hybridized carbons (Fsp3) is 0.533. The highest BCUT2D eigenvalue weighted by Gasteiger charge is 2.14. The molecule has 1 saturated carbocycles. The summed E-state index contributed by atoms with van der Waals surface area (Å²) < 4.78 is 5.42. The highest BCUT2D eigenvalue weighted by Crippen LogP contribution is 2.17. The Morgan fingerprint density at radius 2 is 1.79 bits per heavy atom. The van der Waals surface area contributed by atoms with Crippen LogP contribution in [0.1, 0.15) is 38.5 Å². The van der Waals surface area contributed by atoms with Gasteiger partial charge in [0.25, 0.3) is 5.91 Å². The van der Waals surface area contributed by atoms with Crippen LogP contribution in [0.25, 0.3) is 0 Å². The summed E-state index contributed by atoms with van der Waals surface area (Å²) in [5, 5.41) is 3.71. The van der Waals surface area contributed by atoms with Crippen molar-refractivity contribution in [3.8, 4) is 5.75 Å². The van der Waals surface area contributed by atoms with Crippen LogP contribution >= 0.6 is 11.6 Å². The zero-order valence-electron chi connectivity index (χ0n) is 11.0. The first-order valence-electron chi connectivity index (χ1n) is 6.92.